The number of benzene rings is 1. The van der Waals surface area contributed by atoms with Crippen LogP contribution in [0.5, 0.6) is 0 Å². The first-order chi connectivity index (χ1) is 14.5. The molecule has 0 atom stereocenters. The van der Waals surface area contributed by atoms with Crippen LogP contribution in [0.1, 0.15) is 24.5 Å². The van der Waals surface area contributed by atoms with Crippen molar-refractivity contribution < 1.29 is 13.2 Å². The second kappa shape index (κ2) is 8.78. The highest BCUT2D eigenvalue weighted by Crippen LogP contribution is 2.39. The number of anilines is 4. The second-order valence-electron chi connectivity index (χ2n) is 6.91. The Morgan fingerprint density at radius 2 is 1.93 bits per heavy atom. The molecule has 0 unspecified atom stereocenters. The number of methoxy groups -OCH3 is 1. The van der Waals surface area contributed by atoms with Crippen LogP contribution in [0.15, 0.2) is 47.5 Å². The summed E-state index contributed by atoms with van der Waals surface area (Å²) in [5, 5.41) is 13.5. The maximum Gasteiger partial charge on any atom is 0.240 e. The molecule has 1 aliphatic rings. The highest BCUT2D eigenvalue weighted by atomic mass is 32.2. The highest BCUT2D eigenvalue weighted by molar-refractivity contribution is 7.89. The van der Waals surface area contributed by atoms with E-state index in [0.717, 1.165) is 5.69 Å². The molecule has 1 fully saturated rings. The molecule has 0 amide bonds. The summed E-state index contributed by atoms with van der Waals surface area (Å²) in [5.74, 6) is 2.28. The number of aromatic nitrogens is 4. The summed E-state index contributed by atoms with van der Waals surface area (Å²) in [6, 6.07) is 10.1. The van der Waals surface area contributed by atoms with Gasteiger partial charge in [0.05, 0.1) is 11.5 Å². The second-order valence-corrected chi connectivity index (χ2v) is 8.68. The minimum absolute atomic E-state index is 0.172. The molecule has 30 heavy (non-hydrogen) atoms. The third-order valence-electron chi connectivity index (χ3n) is 4.55. The van der Waals surface area contributed by atoms with Gasteiger partial charge in [-0.1, -0.05) is 0 Å². The fourth-order valence-electron chi connectivity index (χ4n) is 2.83. The molecule has 0 bridgehead atoms. The van der Waals surface area contributed by atoms with E-state index < -0.39 is 10.0 Å². The van der Waals surface area contributed by atoms with Gasteiger partial charge in [0.15, 0.2) is 5.82 Å². The number of rotatable bonds is 10. The molecular formula is C19H23N7O3S. The maximum atomic E-state index is 12.2. The molecule has 2 heterocycles. The Kier molecular flexibility index (Phi) is 5.93. The SMILES string of the molecule is COCCNS(=O)(=O)c1ccc(Nc2nccc(Nc3cc(C4CC4)[nH]n3)n2)cc1. The van der Waals surface area contributed by atoms with Gasteiger partial charge in [-0.3, -0.25) is 5.10 Å². The summed E-state index contributed by atoms with van der Waals surface area (Å²) in [7, 11) is -2.06. The fraction of sp³-hybridized carbons (Fsp3) is 0.316. The van der Waals surface area contributed by atoms with Crippen molar-refractivity contribution in [2.45, 2.75) is 23.7 Å². The van der Waals surface area contributed by atoms with Gasteiger partial charge < -0.3 is 15.4 Å². The maximum absolute atomic E-state index is 12.2. The van der Waals surface area contributed by atoms with E-state index in [-0.39, 0.29) is 11.4 Å². The Hall–Kier alpha value is -3.02. The van der Waals surface area contributed by atoms with Crippen molar-refractivity contribution in [2.24, 2.45) is 0 Å². The Balaban J connectivity index is 1.39. The van der Waals surface area contributed by atoms with Gasteiger partial charge in [0.1, 0.15) is 5.82 Å². The van der Waals surface area contributed by atoms with E-state index in [1.165, 1.54) is 32.1 Å². The molecule has 11 heteroatoms. The summed E-state index contributed by atoms with van der Waals surface area (Å²) in [6.07, 6.45) is 4.03. The number of H-pyrrole nitrogens is 1. The van der Waals surface area contributed by atoms with Crippen LogP contribution in [-0.2, 0) is 14.8 Å². The van der Waals surface area contributed by atoms with Gasteiger partial charge in [0.2, 0.25) is 16.0 Å². The number of nitrogens with zero attached hydrogens (tertiary/aromatic N) is 3. The summed E-state index contributed by atoms with van der Waals surface area (Å²) < 4.78 is 31.8. The number of aromatic amines is 1. The lowest BCUT2D eigenvalue weighted by Crippen LogP contribution is -2.27. The minimum atomic E-state index is -3.57. The summed E-state index contributed by atoms with van der Waals surface area (Å²) in [6.45, 7) is 0.519. The lowest BCUT2D eigenvalue weighted by atomic mass is 10.3. The molecule has 3 aromatic rings. The minimum Gasteiger partial charge on any atom is -0.383 e. The van der Waals surface area contributed by atoms with Crippen molar-refractivity contribution in [1.82, 2.24) is 24.9 Å². The highest BCUT2D eigenvalue weighted by Gasteiger charge is 2.25. The quantitative estimate of drug-likeness (QED) is 0.361. The Bertz CT molecular complexity index is 1100. The van der Waals surface area contributed by atoms with Gasteiger partial charge in [-0.25, -0.2) is 18.1 Å². The molecule has 1 aliphatic carbocycles. The number of sulfonamides is 1. The van der Waals surface area contributed by atoms with E-state index in [1.807, 2.05) is 6.07 Å². The summed E-state index contributed by atoms with van der Waals surface area (Å²) in [4.78, 5) is 8.80. The molecular weight excluding hydrogens is 406 g/mol. The summed E-state index contributed by atoms with van der Waals surface area (Å²) in [5.41, 5.74) is 1.80. The molecule has 1 aromatic carbocycles. The third kappa shape index (κ3) is 5.12. The lowest BCUT2D eigenvalue weighted by molar-refractivity contribution is 0.204. The van der Waals surface area contributed by atoms with Crippen LogP contribution < -0.4 is 15.4 Å². The van der Waals surface area contributed by atoms with E-state index in [0.29, 0.717) is 35.8 Å². The number of ether oxygens (including phenoxy) is 1. The molecule has 2 aromatic heterocycles. The first-order valence-corrected chi connectivity index (χ1v) is 11.0. The van der Waals surface area contributed by atoms with Gasteiger partial charge in [0, 0.05) is 43.2 Å². The molecule has 0 radical (unpaired) electrons. The van der Waals surface area contributed by atoms with E-state index in [2.05, 4.69) is 35.5 Å². The Labute approximate surface area is 174 Å². The molecule has 10 nitrogen and oxygen atoms in total. The average molecular weight is 430 g/mol. The van der Waals surface area contributed by atoms with Gasteiger partial charge in [-0.05, 0) is 43.2 Å². The van der Waals surface area contributed by atoms with Crippen LogP contribution in [0.2, 0.25) is 0 Å². The van der Waals surface area contributed by atoms with Crippen molar-refractivity contribution in [3.8, 4) is 0 Å². The number of hydrogen-bond donors (Lipinski definition) is 4. The van der Waals surface area contributed by atoms with Crippen molar-refractivity contribution in [2.75, 3.05) is 30.9 Å². The van der Waals surface area contributed by atoms with Crippen LogP contribution in [0, 0.1) is 0 Å². The topological polar surface area (TPSA) is 134 Å². The van der Waals surface area contributed by atoms with Crippen LogP contribution in [0.3, 0.4) is 0 Å². The van der Waals surface area contributed by atoms with Gasteiger partial charge in [-0.15, -0.1) is 0 Å². The normalized spacial score (nSPS) is 13.9. The predicted octanol–water partition coefficient (Wildman–Crippen LogP) is 2.49. The standard InChI is InChI=1S/C19H23N7O3S/c1-29-11-10-21-30(27,28)15-6-4-14(5-7-15)22-19-20-9-8-17(24-19)23-18-12-16(25-26-18)13-2-3-13/h4-9,12-13,21H,2-3,10-11H2,1H3,(H3,20,22,23,24,25,26). The lowest BCUT2D eigenvalue weighted by Gasteiger charge is -2.09. The van der Waals surface area contributed by atoms with E-state index >= 15 is 0 Å². The molecule has 4 N–H and O–H groups in total. The van der Waals surface area contributed by atoms with Gasteiger partial charge in [-0.2, -0.15) is 10.1 Å². The van der Waals surface area contributed by atoms with Crippen molar-refractivity contribution in [1.29, 1.82) is 0 Å². The molecule has 1 saturated carbocycles. The third-order valence-corrected chi connectivity index (χ3v) is 6.02. The Morgan fingerprint density at radius 1 is 1.13 bits per heavy atom. The predicted molar refractivity (Wildman–Crippen MR) is 113 cm³/mol. The zero-order valence-corrected chi connectivity index (χ0v) is 17.2. The van der Waals surface area contributed by atoms with Crippen LogP contribution in [0.25, 0.3) is 0 Å². The zero-order valence-electron chi connectivity index (χ0n) is 16.4. The molecule has 0 saturated heterocycles. The van der Waals surface area contributed by atoms with Gasteiger partial charge >= 0.3 is 0 Å². The number of nitrogens with one attached hydrogen (secondary N) is 4. The van der Waals surface area contributed by atoms with Crippen molar-refractivity contribution in [3.63, 3.8) is 0 Å². The molecule has 4 rings (SSSR count). The first-order valence-electron chi connectivity index (χ1n) is 9.54. The van der Waals surface area contributed by atoms with E-state index in [4.69, 9.17) is 4.74 Å². The molecule has 158 valence electrons. The monoisotopic (exact) mass is 429 g/mol. The Morgan fingerprint density at radius 3 is 2.67 bits per heavy atom. The smallest absolute Gasteiger partial charge is 0.240 e. The van der Waals surface area contributed by atoms with E-state index in [9.17, 15) is 8.42 Å². The summed E-state index contributed by atoms with van der Waals surface area (Å²) >= 11 is 0. The molecule has 0 aliphatic heterocycles. The van der Waals surface area contributed by atoms with Crippen LogP contribution in [0.4, 0.5) is 23.3 Å². The van der Waals surface area contributed by atoms with Gasteiger partial charge in [0.25, 0.3) is 0 Å². The fourth-order valence-corrected chi connectivity index (χ4v) is 3.84. The van der Waals surface area contributed by atoms with Crippen LogP contribution in [-0.4, -0.2) is 48.8 Å². The first kappa shape index (κ1) is 20.3. The van der Waals surface area contributed by atoms with Crippen molar-refractivity contribution in [3.05, 3.63) is 48.3 Å². The number of hydrogen-bond acceptors (Lipinski definition) is 8. The zero-order chi connectivity index (χ0) is 21.0. The van der Waals surface area contributed by atoms with Crippen molar-refractivity contribution >= 4 is 33.3 Å². The van der Waals surface area contributed by atoms with Crippen LogP contribution >= 0.6 is 0 Å². The van der Waals surface area contributed by atoms with E-state index in [1.54, 1.807) is 24.4 Å². The molecule has 0 spiro atoms. The average Bonchev–Trinajstić information content (AvgIpc) is 3.48. The largest absolute Gasteiger partial charge is 0.383 e.